The second-order valence-electron chi connectivity index (χ2n) is 3.99. The van der Waals surface area contributed by atoms with Crippen LogP contribution in [-0.4, -0.2) is 53.4 Å². The third-order valence-corrected chi connectivity index (χ3v) is 2.68. The molecule has 0 unspecified atom stereocenters. The molecule has 0 spiro atoms. The van der Waals surface area contributed by atoms with Gasteiger partial charge >= 0.3 is 5.69 Å². The Labute approximate surface area is 123 Å². The van der Waals surface area contributed by atoms with Crippen molar-refractivity contribution >= 4 is 5.69 Å². The molecule has 0 aliphatic heterocycles. The third-order valence-electron chi connectivity index (χ3n) is 2.68. The zero-order chi connectivity index (χ0) is 14.3. The summed E-state index contributed by atoms with van der Waals surface area (Å²) in [6.07, 6.45) is 0. The minimum Gasteiger partial charge on any atom is -1.00 e. The van der Waals surface area contributed by atoms with Gasteiger partial charge in [-0.05, 0) is 11.6 Å². The lowest BCUT2D eigenvalue weighted by atomic mass is 10.1. The summed E-state index contributed by atoms with van der Waals surface area (Å²) in [6, 6.07) is 4.72. The van der Waals surface area contributed by atoms with Crippen molar-refractivity contribution in [3.63, 3.8) is 0 Å². The first kappa shape index (κ1) is 18.6. The van der Waals surface area contributed by atoms with Crippen molar-refractivity contribution in [1.82, 2.24) is 4.90 Å². The molecule has 1 rings (SSSR count). The normalized spacial score (nSPS) is 10.2. The zero-order valence-corrected chi connectivity index (χ0v) is 11.9. The number of ether oxygens (including phenoxy) is 1. The molecule has 0 atom stereocenters. The van der Waals surface area contributed by atoms with E-state index in [1.54, 1.807) is 12.1 Å². The number of methoxy groups -OCH3 is 1. The highest BCUT2D eigenvalue weighted by Gasteiger charge is 2.16. The number of benzene rings is 1. The average Bonchev–Trinajstić information content (AvgIpc) is 2.39. The minimum atomic E-state index is -0.495. The van der Waals surface area contributed by atoms with Crippen molar-refractivity contribution in [2.45, 2.75) is 6.54 Å². The fourth-order valence-electron chi connectivity index (χ4n) is 1.79. The van der Waals surface area contributed by atoms with Crippen LogP contribution in [0.1, 0.15) is 5.56 Å². The van der Waals surface area contributed by atoms with Crippen LogP contribution in [0.25, 0.3) is 0 Å². The van der Waals surface area contributed by atoms with Gasteiger partial charge in [0.1, 0.15) is 0 Å². The summed E-state index contributed by atoms with van der Waals surface area (Å²) in [7, 11) is 1.38. The molecule has 0 radical (unpaired) electrons. The number of aliphatic hydroxyl groups is 2. The Balaban J connectivity index is 0.00000361. The Morgan fingerprint density at radius 1 is 1.30 bits per heavy atom. The summed E-state index contributed by atoms with van der Waals surface area (Å²) in [5.41, 5.74) is 0.641. The summed E-state index contributed by atoms with van der Waals surface area (Å²) in [6.45, 7) is 1.17. The molecule has 0 aromatic heterocycles. The molecule has 0 amide bonds. The van der Waals surface area contributed by atoms with Crippen LogP contribution in [0.3, 0.4) is 0 Å². The van der Waals surface area contributed by atoms with E-state index in [0.29, 0.717) is 19.6 Å². The molecule has 0 aliphatic rings. The lowest BCUT2D eigenvalue weighted by molar-refractivity contribution is -0.385. The Morgan fingerprint density at radius 3 is 2.35 bits per heavy atom. The largest absolute Gasteiger partial charge is 1.00 e. The topological polar surface area (TPSA) is 96.1 Å². The molecule has 0 bridgehead atoms. The van der Waals surface area contributed by atoms with Gasteiger partial charge in [0.15, 0.2) is 5.75 Å². The van der Waals surface area contributed by atoms with Gasteiger partial charge in [-0.2, -0.15) is 0 Å². The maximum Gasteiger partial charge on any atom is 0.311 e. The van der Waals surface area contributed by atoms with Crippen LogP contribution in [0, 0.1) is 10.1 Å². The van der Waals surface area contributed by atoms with Gasteiger partial charge in [-0.3, -0.25) is 15.0 Å². The number of nitro groups is 1. The Bertz CT molecular complexity index is 424. The van der Waals surface area contributed by atoms with E-state index in [2.05, 4.69) is 0 Å². The molecular formula is C12H18ClN2O5-. The first-order chi connectivity index (χ1) is 9.12. The molecule has 0 fully saturated rings. The zero-order valence-electron chi connectivity index (χ0n) is 11.2. The van der Waals surface area contributed by atoms with Crippen molar-refractivity contribution in [3.05, 3.63) is 33.9 Å². The maximum absolute atomic E-state index is 10.9. The fraction of sp³-hybridized carbons (Fsp3) is 0.500. The molecule has 114 valence electrons. The van der Waals surface area contributed by atoms with E-state index in [-0.39, 0.29) is 37.1 Å². The first-order valence-electron chi connectivity index (χ1n) is 5.87. The first-order valence-corrected chi connectivity index (χ1v) is 5.87. The number of rotatable bonds is 8. The van der Waals surface area contributed by atoms with Gasteiger partial charge in [0.05, 0.1) is 25.2 Å². The Morgan fingerprint density at radius 2 is 1.90 bits per heavy atom. The van der Waals surface area contributed by atoms with E-state index in [1.807, 2.05) is 4.90 Å². The van der Waals surface area contributed by atoms with Crippen LogP contribution in [0.5, 0.6) is 5.75 Å². The van der Waals surface area contributed by atoms with Crippen molar-refractivity contribution in [1.29, 1.82) is 0 Å². The van der Waals surface area contributed by atoms with E-state index < -0.39 is 4.92 Å². The van der Waals surface area contributed by atoms with Crippen LogP contribution in [0.2, 0.25) is 0 Å². The smallest absolute Gasteiger partial charge is 0.311 e. The second kappa shape index (κ2) is 9.49. The number of nitrogens with zero attached hydrogens (tertiary/aromatic N) is 2. The van der Waals surface area contributed by atoms with Gasteiger partial charge in [0.2, 0.25) is 0 Å². The van der Waals surface area contributed by atoms with E-state index >= 15 is 0 Å². The van der Waals surface area contributed by atoms with Gasteiger partial charge in [-0.1, -0.05) is 6.07 Å². The van der Waals surface area contributed by atoms with Crippen molar-refractivity contribution in [2.75, 3.05) is 33.4 Å². The van der Waals surface area contributed by atoms with Crippen molar-refractivity contribution in [2.24, 2.45) is 0 Å². The molecule has 8 heteroatoms. The summed E-state index contributed by atoms with van der Waals surface area (Å²) < 4.78 is 4.93. The molecule has 1 aromatic rings. The molecule has 0 heterocycles. The minimum absolute atomic E-state index is 0. The van der Waals surface area contributed by atoms with Gasteiger partial charge in [0.25, 0.3) is 0 Å². The lowest BCUT2D eigenvalue weighted by Gasteiger charge is -2.20. The van der Waals surface area contributed by atoms with Crippen molar-refractivity contribution < 1.29 is 32.3 Å². The third kappa shape index (κ3) is 5.30. The van der Waals surface area contributed by atoms with E-state index in [9.17, 15) is 10.1 Å². The highest BCUT2D eigenvalue weighted by molar-refractivity contribution is 5.48. The summed E-state index contributed by atoms with van der Waals surface area (Å²) in [5, 5.41) is 28.7. The van der Waals surface area contributed by atoms with E-state index in [0.717, 1.165) is 5.56 Å². The molecule has 0 aliphatic carbocycles. The van der Waals surface area contributed by atoms with Crippen LogP contribution < -0.4 is 17.1 Å². The standard InChI is InChI=1S/C12H18N2O5.ClH/c1-19-12-3-2-10(8-11(12)14(17)18)9-13(4-6-15)5-7-16;/h2-3,8,15-16H,4-7,9H2,1H3;1H/p-1. The lowest BCUT2D eigenvalue weighted by Crippen LogP contribution is -3.00. The quantitative estimate of drug-likeness (QED) is 0.404. The highest BCUT2D eigenvalue weighted by Crippen LogP contribution is 2.27. The fourth-order valence-corrected chi connectivity index (χ4v) is 1.79. The predicted octanol–water partition coefficient (Wildman–Crippen LogP) is -2.61. The number of hydrogen-bond donors (Lipinski definition) is 2. The Kier molecular flexibility index (Phi) is 8.82. The summed E-state index contributed by atoms with van der Waals surface area (Å²) >= 11 is 0. The second-order valence-corrected chi connectivity index (χ2v) is 3.99. The van der Waals surface area contributed by atoms with Gasteiger partial charge in [-0.15, -0.1) is 0 Å². The van der Waals surface area contributed by atoms with Crippen LogP contribution >= 0.6 is 0 Å². The van der Waals surface area contributed by atoms with Crippen LogP contribution in [0.4, 0.5) is 5.69 Å². The summed E-state index contributed by atoms with van der Waals surface area (Å²) in [5.74, 6) is 0.213. The van der Waals surface area contributed by atoms with Gasteiger partial charge < -0.3 is 27.4 Å². The molecule has 20 heavy (non-hydrogen) atoms. The van der Waals surface area contributed by atoms with Crippen LogP contribution in [0.15, 0.2) is 18.2 Å². The van der Waals surface area contributed by atoms with E-state index in [4.69, 9.17) is 14.9 Å². The molecule has 2 N–H and O–H groups in total. The SMILES string of the molecule is COc1ccc(CN(CCO)CCO)cc1[N+](=O)[O-].[Cl-]. The number of nitro benzene ring substituents is 1. The Hall–Kier alpha value is -1.41. The molecule has 1 aromatic carbocycles. The average molecular weight is 306 g/mol. The van der Waals surface area contributed by atoms with Gasteiger partial charge in [-0.25, -0.2) is 0 Å². The number of aliphatic hydroxyl groups excluding tert-OH is 2. The molecule has 0 saturated carbocycles. The molecule has 0 saturated heterocycles. The monoisotopic (exact) mass is 305 g/mol. The molecule has 7 nitrogen and oxygen atoms in total. The molecular weight excluding hydrogens is 288 g/mol. The highest BCUT2D eigenvalue weighted by atomic mass is 35.5. The van der Waals surface area contributed by atoms with E-state index in [1.165, 1.54) is 13.2 Å². The van der Waals surface area contributed by atoms with Crippen LogP contribution in [-0.2, 0) is 6.54 Å². The van der Waals surface area contributed by atoms with Crippen molar-refractivity contribution in [3.8, 4) is 5.75 Å². The maximum atomic E-state index is 10.9. The van der Waals surface area contributed by atoms with Gasteiger partial charge in [0, 0.05) is 25.7 Å². The summed E-state index contributed by atoms with van der Waals surface area (Å²) in [4.78, 5) is 12.2. The number of halogens is 1. The predicted molar refractivity (Wildman–Crippen MR) is 69.1 cm³/mol. The number of hydrogen-bond acceptors (Lipinski definition) is 6.